The Hall–Kier alpha value is -2.04. The number of benzene rings is 1. The van der Waals surface area contributed by atoms with E-state index in [1.54, 1.807) is 7.11 Å². The van der Waals surface area contributed by atoms with Crippen molar-refractivity contribution in [2.45, 2.75) is 25.7 Å². The largest absolute Gasteiger partial charge is 0.497 e. The average molecular weight is 291 g/mol. The minimum atomic E-state index is -0.750. The molecule has 0 aliphatic heterocycles. The Balaban J connectivity index is 1.83. The van der Waals surface area contributed by atoms with Crippen LogP contribution in [0.3, 0.4) is 0 Å². The number of hydrogen-bond donors (Lipinski definition) is 2. The molecule has 0 spiro atoms. The Labute approximate surface area is 124 Å². The first-order valence-corrected chi connectivity index (χ1v) is 7.22. The van der Waals surface area contributed by atoms with Crippen molar-refractivity contribution in [3.63, 3.8) is 0 Å². The van der Waals surface area contributed by atoms with Crippen LogP contribution in [0.1, 0.15) is 24.8 Å². The SMILES string of the molecule is COc1cccc(CC(=O)NCC2CCCC2C(=O)O)c1. The van der Waals surface area contributed by atoms with Crippen LogP contribution in [-0.4, -0.2) is 30.6 Å². The molecule has 2 unspecified atom stereocenters. The Morgan fingerprint density at radius 3 is 2.90 bits per heavy atom. The average Bonchev–Trinajstić information content (AvgIpc) is 2.94. The Morgan fingerprint density at radius 2 is 2.19 bits per heavy atom. The number of carboxylic acids is 1. The highest BCUT2D eigenvalue weighted by Gasteiger charge is 2.32. The predicted molar refractivity (Wildman–Crippen MR) is 78.2 cm³/mol. The monoisotopic (exact) mass is 291 g/mol. The minimum Gasteiger partial charge on any atom is -0.497 e. The van der Waals surface area contributed by atoms with Crippen LogP contribution in [0.5, 0.6) is 5.75 Å². The molecule has 1 fully saturated rings. The van der Waals surface area contributed by atoms with E-state index in [0.717, 1.165) is 24.2 Å². The molecule has 0 heterocycles. The van der Waals surface area contributed by atoms with Crippen LogP contribution in [-0.2, 0) is 16.0 Å². The highest BCUT2D eigenvalue weighted by molar-refractivity contribution is 5.78. The van der Waals surface area contributed by atoms with Gasteiger partial charge in [-0.15, -0.1) is 0 Å². The van der Waals surface area contributed by atoms with Gasteiger partial charge in [-0.3, -0.25) is 9.59 Å². The number of ether oxygens (including phenoxy) is 1. The fraction of sp³-hybridized carbons (Fsp3) is 0.500. The van der Waals surface area contributed by atoms with Crippen molar-refractivity contribution in [2.75, 3.05) is 13.7 Å². The van der Waals surface area contributed by atoms with Gasteiger partial charge in [-0.1, -0.05) is 18.6 Å². The summed E-state index contributed by atoms with van der Waals surface area (Å²) in [5.74, 6) is -0.375. The topological polar surface area (TPSA) is 75.6 Å². The maximum Gasteiger partial charge on any atom is 0.306 e. The second-order valence-electron chi connectivity index (χ2n) is 5.47. The summed E-state index contributed by atoms with van der Waals surface area (Å²) in [7, 11) is 1.59. The van der Waals surface area contributed by atoms with E-state index >= 15 is 0 Å². The first kappa shape index (κ1) is 15.4. The molecule has 2 N–H and O–H groups in total. The zero-order valence-corrected chi connectivity index (χ0v) is 12.2. The van der Waals surface area contributed by atoms with Gasteiger partial charge in [-0.25, -0.2) is 0 Å². The molecular formula is C16H21NO4. The summed E-state index contributed by atoms with van der Waals surface area (Å²) in [5, 5.41) is 12.0. The van der Waals surface area contributed by atoms with Gasteiger partial charge in [0.2, 0.25) is 5.91 Å². The number of methoxy groups -OCH3 is 1. The molecule has 5 nitrogen and oxygen atoms in total. The van der Waals surface area contributed by atoms with Gasteiger partial charge < -0.3 is 15.2 Å². The van der Waals surface area contributed by atoms with Crippen LogP contribution < -0.4 is 10.1 Å². The fourth-order valence-corrected chi connectivity index (χ4v) is 2.88. The molecule has 1 aromatic rings. The molecule has 1 amide bonds. The number of aliphatic carboxylic acids is 1. The summed E-state index contributed by atoms with van der Waals surface area (Å²) in [6.45, 7) is 0.444. The van der Waals surface area contributed by atoms with Crippen molar-refractivity contribution in [3.8, 4) is 5.75 Å². The van der Waals surface area contributed by atoms with Gasteiger partial charge >= 0.3 is 5.97 Å². The van der Waals surface area contributed by atoms with Gasteiger partial charge in [0.05, 0.1) is 19.4 Å². The summed E-state index contributed by atoms with van der Waals surface area (Å²) < 4.78 is 5.12. The van der Waals surface area contributed by atoms with E-state index in [1.807, 2.05) is 24.3 Å². The predicted octanol–water partition coefficient (Wildman–Crippen LogP) is 1.85. The second kappa shape index (κ2) is 7.11. The lowest BCUT2D eigenvalue weighted by molar-refractivity contribution is -0.143. The molecule has 21 heavy (non-hydrogen) atoms. The zero-order valence-electron chi connectivity index (χ0n) is 12.2. The lowest BCUT2D eigenvalue weighted by Crippen LogP contribution is -2.33. The van der Waals surface area contributed by atoms with E-state index in [1.165, 1.54) is 0 Å². The molecular weight excluding hydrogens is 270 g/mol. The van der Waals surface area contributed by atoms with Crippen LogP contribution in [0.15, 0.2) is 24.3 Å². The van der Waals surface area contributed by atoms with Crippen molar-refractivity contribution >= 4 is 11.9 Å². The number of hydrogen-bond acceptors (Lipinski definition) is 3. The molecule has 1 aliphatic rings. The molecule has 0 saturated heterocycles. The summed E-state index contributed by atoms with van der Waals surface area (Å²) in [6, 6.07) is 7.38. The number of amides is 1. The molecule has 5 heteroatoms. The number of nitrogens with one attached hydrogen (secondary N) is 1. The number of carbonyl (C=O) groups excluding carboxylic acids is 1. The van der Waals surface area contributed by atoms with Crippen LogP contribution >= 0.6 is 0 Å². The highest BCUT2D eigenvalue weighted by atomic mass is 16.5. The van der Waals surface area contributed by atoms with Crippen LogP contribution in [0.2, 0.25) is 0 Å². The molecule has 2 rings (SSSR count). The van der Waals surface area contributed by atoms with E-state index in [4.69, 9.17) is 9.84 Å². The molecule has 0 bridgehead atoms. The maximum atomic E-state index is 11.9. The molecule has 1 aliphatic carbocycles. The third-order valence-corrected chi connectivity index (χ3v) is 4.04. The summed E-state index contributed by atoms with van der Waals surface area (Å²) in [6.07, 6.45) is 2.79. The van der Waals surface area contributed by atoms with Crippen molar-refractivity contribution in [1.29, 1.82) is 0 Å². The quantitative estimate of drug-likeness (QED) is 0.838. The molecule has 0 aromatic heterocycles. The van der Waals surface area contributed by atoms with E-state index in [2.05, 4.69) is 5.32 Å². The van der Waals surface area contributed by atoms with Crippen molar-refractivity contribution in [1.82, 2.24) is 5.32 Å². The zero-order chi connectivity index (χ0) is 15.2. The van der Waals surface area contributed by atoms with Crippen molar-refractivity contribution < 1.29 is 19.4 Å². The van der Waals surface area contributed by atoms with Crippen LogP contribution in [0.25, 0.3) is 0 Å². The summed E-state index contributed by atoms with van der Waals surface area (Å²) >= 11 is 0. The van der Waals surface area contributed by atoms with Gasteiger partial charge in [0, 0.05) is 6.54 Å². The third-order valence-electron chi connectivity index (χ3n) is 4.04. The van der Waals surface area contributed by atoms with E-state index < -0.39 is 5.97 Å². The lowest BCUT2D eigenvalue weighted by atomic mass is 9.96. The molecule has 114 valence electrons. The highest BCUT2D eigenvalue weighted by Crippen LogP contribution is 2.31. The molecule has 1 aromatic carbocycles. The van der Waals surface area contributed by atoms with Gasteiger partial charge in [-0.2, -0.15) is 0 Å². The third kappa shape index (κ3) is 4.21. The Morgan fingerprint density at radius 1 is 1.38 bits per heavy atom. The number of rotatable bonds is 6. The Bertz CT molecular complexity index is 515. The first-order valence-electron chi connectivity index (χ1n) is 7.22. The maximum absolute atomic E-state index is 11.9. The lowest BCUT2D eigenvalue weighted by Gasteiger charge is -2.16. The van der Waals surface area contributed by atoms with Gasteiger partial charge in [0.15, 0.2) is 0 Å². The molecule has 0 radical (unpaired) electrons. The van der Waals surface area contributed by atoms with Gasteiger partial charge in [0.1, 0.15) is 5.75 Å². The summed E-state index contributed by atoms with van der Waals surface area (Å²) in [4.78, 5) is 23.0. The second-order valence-corrected chi connectivity index (χ2v) is 5.47. The Kier molecular flexibility index (Phi) is 5.20. The fourth-order valence-electron chi connectivity index (χ4n) is 2.88. The van der Waals surface area contributed by atoms with Gasteiger partial charge in [-0.05, 0) is 36.5 Å². The summed E-state index contributed by atoms with van der Waals surface area (Å²) in [5.41, 5.74) is 0.882. The minimum absolute atomic E-state index is 0.0526. The van der Waals surface area contributed by atoms with Crippen LogP contribution in [0.4, 0.5) is 0 Å². The van der Waals surface area contributed by atoms with E-state index in [9.17, 15) is 9.59 Å². The normalized spacial score (nSPS) is 21.0. The van der Waals surface area contributed by atoms with Crippen LogP contribution in [0, 0.1) is 11.8 Å². The van der Waals surface area contributed by atoms with Crippen molar-refractivity contribution in [3.05, 3.63) is 29.8 Å². The van der Waals surface area contributed by atoms with E-state index in [-0.39, 0.29) is 24.2 Å². The smallest absolute Gasteiger partial charge is 0.306 e. The molecule has 2 atom stereocenters. The number of carbonyl (C=O) groups is 2. The van der Waals surface area contributed by atoms with E-state index in [0.29, 0.717) is 13.0 Å². The van der Waals surface area contributed by atoms with Gasteiger partial charge in [0.25, 0.3) is 0 Å². The van der Waals surface area contributed by atoms with Crippen molar-refractivity contribution in [2.24, 2.45) is 11.8 Å². The standard InChI is InChI=1S/C16H21NO4/c1-21-13-6-2-4-11(8-13)9-15(18)17-10-12-5-3-7-14(12)16(19)20/h2,4,6,8,12,14H,3,5,7,9-10H2,1H3,(H,17,18)(H,19,20). The first-order chi connectivity index (χ1) is 10.1. The molecule has 1 saturated carbocycles. The number of carboxylic acid groups (broad SMARTS) is 1.